The van der Waals surface area contributed by atoms with Crippen LogP contribution in [0.25, 0.3) is 5.69 Å². The Morgan fingerprint density at radius 1 is 1.13 bits per heavy atom. The molecule has 2 aromatic heterocycles. The van der Waals surface area contributed by atoms with Crippen molar-refractivity contribution in [2.24, 2.45) is 0 Å². The lowest BCUT2D eigenvalue weighted by atomic mass is 10.1. The first-order valence-electron chi connectivity index (χ1n) is 9.44. The number of halogens is 4. The van der Waals surface area contributed by atoms with Crippen LogP contribution in [-0.2, 0) is 11.0 Å². The van der Waals surface area contributed by atoms with Gasteiger partial charge in [0.25, 0.3) is 5.91 Å². The maximum Gasteiger partial charge on any atom is 0.435 e. The second-order valence-corrected chi connectivity index (χ2v) is 7.43. The van der Waals surface area contributed by atoms with Gasteiger partial charge in [0.2, 0.25) is 0 Å². The minimum Gasteiger partial charge on any atom is -0.307 e. The molecule has 1 aromatic carbocycles. The van der Waals surface area contributed by atoms with Gasteiger partial charge in [0.15, 0.2) is 5.69 Å². The molecule has 0 bridgehead atoms. The predicted molar refractivity (Wildman–Crippen MR) is 101 cm³/mol. The molecule has 3 aromatic rings. The Kier molecular flexibility index (Phi) is 4.87. The molecule has 1 fully saturated rings. The molecule has 1 saturated heterocycles. The highest BCUT2D eigenvalue weighted by molar-refractivity contribution is 5.98. The minimum atomic E-state index is -4.56. The number of hydrogen-bond acceptors (Lipinski definition) is 3. The van der Waals surface area contributed by atoms with Crippen molar-refractivity contribution in [3.63, 3.8) is 0 Å². The van der Waals surface area contributed by atoms with Crippen LogP contribution in [0.3, 0.4) is 0 Å². The molecule has 1 amide bonds. The molecule has 0 aliphatic carbocycles. The van der Waals surface area contributed by atoms with E-state index in [2.05, 4.69) is 10.2 Å². The van der Waals surface area contributed by atoms with Crippen LogP contribution >= 0.6 is 0 Å². The zero-order valence-electron chi connectivity index (χ0n) is 16.3. The number of nitrogens with zero attached hydrogens (tertiary/aromatic N) is 5. The van der Waals surface area contributed by atoms with E-state index in [1.165, 1.54) is 23.2 Å². The molecule has 10 heteroatoms. The van der Waals surface area contributed by atoms with Gasteiger partial charge in [0, 0.05) is 12.7 Å². The number of anilines is 1. The number of amides is 1. The van der Waals surface area contributed by atoms with E-state index < -0.39 is 17.9 Å². The Balaban J connectivity index is 1.66. The van der Waals surface area contributed by atoms with Crippen molar-refractivity contribution in [2.75, 3.05) is 11.4 Å². The first kappa shape index (κ1) is 20.1. The van der Waals surface area contributed by atoms with Crippen LogP contribution in [0, 0.1) is 5.82 Å². The zero-order valence-corrected chi connectivity index (χ0v) is 16.3. The average molecular weight is 421 g/mol. The van der Waals surface area contributed by atoms with Crippen LogP contribution in [-0.4, -0.2) is 32.0 Å². The zero-order chi connectivity index (χ0) is 21.6. The molecule has 3 heterocycles. The van der Waals surface area contributed by atoms with Gasteiger partial charge < -0.3 is 4.90 Å². The highest BCUT2D eigenvalue weighted by Gasteiger charge is 2.39. The van der Waals surface area contributed by atoms with Gasteiger partial charge in [0.1, 0.15) is 11.9 Å². The van der Waals surface area contributed by atoms with Crippen molar-refractivity contribution < 1.29 is 22.4 Å². The molecule has 1 aliphatic rings. The van der Waals surface area contributed by atoms with E-state index in [0.717, 1.165) is 16.4 Å². The summed E-state index contributed by atoms with van der Waals surface area (Å²) in [6.45, 7) is 4.23. The van der Waals surface area contributed by atoms with Crippen LogP contribution in [0.2, 0.25) is 0 Å². The summed E-state index contributed by atoms with van der Waals surface area (Å²) in [6.07, 6.45) is -1.49. The lowest BCUT2D eigenvalue weighted by Crippen LogP contribution is -2.29. The monoisotopic (exact) mass is 421 g/mol. The predicted octanol–water partition coefficient (Wildman–Crippen LogP) is 4.33. The molecular weight excluding hydrogens is 402 g/mol. The van der Waals surface area contributed by atoms with Crippen molar-refractivity contribution in [1.82, 2.24) is 19.6 Å². The Bertz CT molecular complexity index is 1070. The van der Waals surface area contributed by atoms with E-state index in [-0.39, 0.29) is 17.6 Å². The van der Waals surface area contributed by atoms with Crippen molar-refractivity contribution in [3.8, 4) is 5.69 Å². The van der Waals surface area contributed by atoms with Gasteiger partial charge in [-0.3, -0.25) is 9.48 Å². The van der Waals surface area contributed by atoms with Crippen molar-refractivity contribution >= 4 is 11.6 Å². The molecule has 1 unspecified atom stereocenters. The molecule has 0 radical (unpaired) electrons. The third kappa shape index (κ3) is 3.46. The van der Waals surface area contributed by atoms with Gasteiger partial charge in [-0.2, -0.15) is 23.4 Å². The number of benzene rings is 1. The van der Waals surface area contributed by atoms with E-state index in [1.807, 2.05) is 13.8 Å². The van der Waals surface area contributed by atoms with Crippen LogP contribution in [0.5, 0.6) is 0 Å². The summed E-state index contributed by atoms with van der Waals surface area (Å²) in [7, 11) is 0. The highest BCUT2D eigenvalue weighted by Crippen LogP contribution is 2.36. The highest BCUT2D eigenvalue weighted by atomic mass is 19.4. The Hall–Kier alpha value is -3.17. The van der Waals surface area contributed by atoms with Crippen LogP contribution < -0.4 is 4.90 Å². The van der Waals surface area contributed by atoms with Crippen molar-refractivity contribution in [2.45, 2.75) is 38.4 Å². The average Bonchev–Trinajstić information content (AvgIpc) is 3.39. The quantitative estimate of drug-likeness (QED) is 0.590. The molecule has 158 valence electrons. The molecule has 1 atom stereocenters. The smallest absolute Gasteiger partial charge is 0.307 e. The summed E-state index contributed by atoms with van der Waals surface area (Å²) < 4.78 is 54.6. The summed E-state index contributed by atoms with van der Waals surface area (Å²) in [5.41, 5.74) is 0.967. The summed E-state index contributed by atoms with van der Waals surface area (Å²) in [4.78, 5) is 14.6. The maximum atomic E-state index is 13.3. The third-order valence-corrected chi connectivity index (χ3v) is 5.09. The number of carbonyl (C=O) groups excluding carboxylic acids is 1. The summed E-state index contributed by atoms with van der Waals surface area (Å²) in [5, 5.41) is 7.93. The summed E-state index contributed by atoms with van der Waals surface area (Å²) in [5.74, 6) is -0.722. The third-order valence-electron chi connectivity index (χ3n) is 5.09. The molecule has 0 N–H and O–H groups in total. The molecule has 1 aliphatic heterocycles. The Morgan fingerprint density at radius 2 is 1.83 bits per heavy atom. The molecule has 0 saturated carbocycles. The Morgan fingerprint density at radius 3 is 2.43 bits per heavy atom. The van der Waals surface area contributed by atoms with Crippen molar-refractivity contribution in [3.05, 3.63) is 59.9 Å². The van der Waals surface area contributed by atoms with Crippen molar-refractivity contribution in [1.29, 1.82) is 0 Å². The topological polar surface area (TPSA) is 56.0 Å². The summed E-state index contributed by atoms with van der Waals surface area (Å²) in [6, 6.07) is 5.89. The first-order valence-corrected chi connectivity index (χ1v) is 9.44. The van der Waals surface area contributed by atoms with Gasteiger partial charge in [0.05, 0.1) is 23.3 Å². The lowest BCUT2D eigenvalue weighted by molar-refractivity contribution is -0.141. The number of rotatable bonds is 4. The molecule has 0 spiro atoms. The molecule has 30 heavy (non-hydrogen) atoms. The molecular formula is C20H19F4N5O. The second-order valence-electron chi connectivity index (χ2n) is 7.43. The van der Waals surface area contributed by atoms with E-state index in [4.69, 9.17) is 0 Å². The number of alkyl halides is 3. The SMILES string of the molecule is CC(C)c1c(N2CCC(n3ccc(C(F)(F)F)n3)C2=O)cnn1-c1ccc(F)cc1. The van der Waals surface area contributed by atoms with Gasteiger partial charge in [-0.15, -0.1) is 0 Å². The van der Waals surface area contributed by atoms with E-state index in [9.17, 15) is 22.4 Å². The second kappa shape index (κ2) is 7.26. The fraction of sp³-hybridized carbons (Fsp3) is 0.350. The van der Waals surface area contributed by atoms with Gasteiger partial charge in [-0.05, 0) is 42.7 Å². The van der Waals surface area contributed by atoms with Crippen LogP contribution in [0.4, 0.5) is 23.2 Å². The Labute approximate surface area is 169 Å². The number of carbonyl (C=O) groups is 1. The molecule has 6 nitrogen and oxygen atoms in total. The first-order chi connectivity index (χ1) is 14.2. The fourth-order valence-corrected chi connectivity index (χ4v) is 3.70. The standard InChI is InChI=1S/C20H19F4N5O/c1-12(2)18-16(11-25-29(18)14-5-3-13(21)4-6-14)27-9-7-15(19(27)30)28-10-8-17(26-28)20(22,23)24/h3-6,8,10-12,15H,7,9H2,1-2H3. The van der Waals surface area contributed by atoms with Crippen LogP contribution in [0.1, 0.15) is 43.6 Å². The normalized spacial score (nSPS) is 17.4. The van der Waals surface area contributed by atoms with Gasteiger partial charge >= 0.3 is 6.18 Å². The lowest BCUT2D eigenvalue weighted by Gasteiger charge is -2.20. The summed E-state index contributed by atoms with van der Waals surface area (Å²) >= 11 is 0. The van der Waals surface area contributed by atoms with Gasteiger partial charge in [-0.1, -0.05) is 13.8 Å². The van der Waals surface area contributed by atoms with Crippen LogP contribution in [0.15, 0.2) is 42.7 Å². The largest absolute Gasteiger partial charge is 0.435 e. The van der Waals surface area contributed by atoms with E-state index >= 15 is 0 Å². The number of hydrogen-bond donors (Lipinski definition) is 0. The minimum absolute atomic E-state index is 0.0130. The number of aromatic nitrogens is 4. The fourth-order valence-electron chi connectivity index (χ4n) is 3.70. The molecule has 4 rings (SSSR count). The van der Waals surface area contributed by atoms with E-state index in [1.54, 1.807) is 23.0 Å². The maximum absolute atomic E-state index is 13.3. The van der Waals surface area contributed by atoms with Gasteiger partial charge in [-0.25, -0.2) is 9.07 Å². The van der Waals surface area contributed by atoms with E-state index in [0.29, 0.717) is 24.3 Å².